The molecule has 0 spiro atoms. The van der Waals surface area contributed by atoms with Crippen LogP contribution in [0, 0.1) is 6.92 Å². The molecule has 0 aliphatic carbocycles. The first-order chi connectivity index (χ1) is 14.5. The van der Waals surface area contributed by atoms with Crippen LogP contribution in [0.3, 0.4) is 0 Å². The highest BCUT2D eigenvalue weighted by Gasteiger charge is 2.43. The van der Waals surface area contributed by atoms with Gasteiger partial charge in [0, 0.05) is 12.1 Å². The number of fused-ring (bicyclic) bond motifs is 1. The first kappa shape index (κ1) is 19.8. The highest BCUT2D eigenvalue weighted by molar-refractivity contribution is 6.01. The summed E-state index contributed by atoms with van der Waals surface area (Å²) < 4.78 is 12.8. The van der Waals surface area contributed by atoms with Gasteiger partial charge < -0.3 is 29.6 Å². The van der Waals surface area contributed by atoms with Crippen LogP contribution in [0.1, 0.15) is 22.5 Å². The Labute approximate surface area is 173 Å². The molecule has 30 heavy (non-hydrogen) atoms. The van der Waals surface area contributed by atoms with Crippen molar-refractivity contribution in [2.45, 2.75) is 18.9 Å². The van der Waals surface area contributed by atoms with Gasteiger partial charge in [0.1, 0.15) is 28.5 Å². The van der Waals surface area contributed by atoms with Gasteiger partial charge in [-0.05, 0) is 61.4 Å². The van der Waals surface area contributed by atoms with Crippen molar-refractivity contribution in [3.05, 3.63) is 59.9 Å². The minimum Gasteiger partial charge on any atom is -0.497 e. The van der Waals surface area contributed by atoms with Gasteiger partial charge in [0.15, 0.2) is 0 Å². The summed E-state index contributed by atoms with van der Waals surface area (Å²) in [5, 5.41) is 15.1. The maximum absolute atomic E-state index is 13.1. The molecule has 0 bridgehead atoms. The lowest BCUT2D eigenvalue weighted by Gasteiger charge is -2.25. The number of aliphatic hydroxyl groups excluding tert-OH is 1. The van der Waals surface area contributed by atoms with Crippen molar-refractivity contribution in [1.29, 1.82) is 0 Å². The van der Waals surface area contributed by atoms with E-state index in [1.807, 2.05) is 25.1 Å². The topological polar surface area (TPSA) is 101 Å². The van der Waals surface area contributed by atoms with Gasteiger partial charge in [0.25, 0.3) is 5.91 Å². The molecule has 1 aliphatic heterocycles. The minimum absolute atomic E-state index is 0.336. The van der Waals surface area contributed by atoms with Crippen LogP contribution < -0.4 is 20.1 Å². The molecule has 3 N–H and O–H groups in total. The molecule has 4 rings (SSSR count). The number of aryl methyl sites for hydroxylation is 1. The lowest BCUT2D eigenvalue weighted by molar-refractivity contribution is -0.125. The standard InChI is InChI=1S/C22H23N3O5/c1-14-11-15-3-4-18(30-17-7-5-16(29-2)6-8-17)12-25(15)19(14)20(27)24-22(13-26)9-10-23-21(22)28/h3-8,11-12,26H,9-10,13H2,1-2H3,(H,23,28)(H,24,27). The predicted molar refractivity (Wildman–Crippen MR) is 110 cm³/mol. The molecule has 3 heterocycles. The molecule has 0 saturated carbocycles. The number of nitrogens with zero attached hydrogens (tertiary/aromatic N) is 1. The van der Waals surface area contributed by atoms with E-state index in [1.54, 1.807) is 42.0 Å². The van der Waals surface area contributed by atoms with E-state index >= 15 is 0 Å². The third kappa shape index (κ3) is 3.46. The summed E-state index contributed by atoms with van der Waals surface area (Å²) in [4.78, 5) is 25.2. The number of hydrogen-bond donors (Lipinski definition) is 3. The lowest BCUT2D eigenvalue weighted by atomic mass is 9.98. The minimum atomic E-state index is -1.30. The average molecular weight is 409 g/mol. The Morgan fingerprint density at radius 3 is 2.53 bits per heavy atom. The monoisotopic (exact) mass is 409 g/mol. The maximum Gasteiger partial charge on any atom is 0.269 e. The molecule has 8 nitrogen and oxygen atoms in total. The molecule has 2 amide bonds. The Morgan fingerprint density at radius 2 is 1.90 bits per heavy atom. The van der Waals surface area contributed by atoms with Crippen molar-refractivity contribution in [3.63, 3.8) is 0 Å². The number of hydrogen-bond acceptors (Lipinski definition) is 5. The molecule has 1 unspecified atom stereocenters. The van der Waals surface area contributed by atoms with Gasteiger partial charge in [-0.25, -0.2) is 0 Å². The molecule has 3 aromatic rings. The smallest absolute Gasteiger partial charge is 0.269 e. The number of methoxy groups -OCH3 is 1. The molecular formula is C22H23N3O5. The molecule has 8 heteroatoms. The summed E-state index contributed by atoms with van der Waals surface area (Å²) in [6.07, 6.45) is 2.06. The molecule has 1 fully saturated rings. The van der Waals surface area contributed by atoms with E-state index in [-0.39, 0.29) is 5.91 Å². The van der Waals surface area contributed by atoms with Gasteiger partial charge in [0.05, 0.1) is 19.9 Å². The molecular weight excluding hydrogens is 386 g/mol. The van der Waals surface area contributed by atoms with Crippen LogP contribution in [0.4, 0.5) is 0 Å². The second-order valence-corrected chi connectivity index (χ2v) is 7.31. The van der Waals surface area contributed by atoms with Gasteiger partial charge in [-0.15, -0.1) is 0 Å². The van der Waals surface area contributed by atoms with Crippen LogP contribution in [-0.4, -0.2) is 47.1 Å². The zero-order valence-electron chi connectivity index (χ0n) is 16.8. The van der Waals surface area contributed by atoms with Crippen molar-refractivity contribution in [2.24, 2.45) is 0 Å². The second-order valence-electron chi connectivity index (χ2n) is 7.31. The number of nitrogens with one attached hydrogen (secondary N) is 2. The van der Waals surface area contributed by atoms with Crippen molar-refractivity contribution in [3.8, 4) is 17.2 Å². The maximum atomic E-state index is 13.1. The average Bonchev–Trinajstić information content (AvgIpc) is 3.27. The second kappa shape index (κ2) is 7.72. The number of benzene rings is 1. The van der Waals surface area contributed by atoms with Crippen molar-refractivity contribution < 1.29 is 24.2 Å². The summed E-state index contributed by atoms with van der Waals surface area (Å²) in [6, 6.07) is 12.7. The van der Waals surface area contributed by atoms with E-state index < -0.39 is 18.1 Å². The van der Waals surface area contributed by atoms with Crippen molar-refractivity contribution in [2.75, 3.05) is 20.3 Å². The van der Waals surface area contributed by atoms with Gasteiger partial charge in [-0.2, -0.15) is 0 Å². The molecule has 1 aliphatic rings. The summed E-state index contributed by atoms with van der Waals surface area (Å²) in [7, 11) is 1.60. The number of pyridine rings is 1. The fourth-order valence-corrected chi connectivity index (χ4v) is 3.67. The van der Waals surface area contributed by atoms with Crippen LogP contribution in [-0.2, 0) is 4.79 Å². The highest BCUT2D eigenvalue weighted by Crippen LogP contribution is 2.27. The SMILES string of the molecule is COc1ccc(Oc2ccc3cc(C)c(C(=O)NC4(CO)CCNC4=O)n3c2)cc1. The number of aliphatic hydroxyl groups is 1. The van der Waals surface area contributed by atoms with E-state index in [4.69, 9.17) is 9.47 Å². The van der Waals surface area contributed by atoms with Gasteiger partial charge in [-0.1, -0.05) is 0 Å². The van der Waals surface area contributed by atoms with E-state index in [9.17, 15) is 14.7 Å². The number of aromatic nitrogens is 1. The molecule has 0 radical (unpaired) electrons. The Hall–Kier alpha value is -3.52. The summed E-state index contributed by atoms with van der Waals surface area (Å²) >= 11 is 0. The van der Waals surface area contributed by atoms with Crippen LogP contribution in [0.2, 0.25) is 0 Å². The van der Waals surface area contributed by atoms with E-state index in [0.717, 1.165) is 16.8 Å². The first-order valence-electron chi connectivity index (χ1n) is 9.61. The van der Waals surface area contributed by atoms with Gasteiger partial charge >= 0.3 is 0 Å². The van der Waals surface area contributed by atoms with Crippen LogP contribution in [0.15, 0.2) is 48.7 Å². The summed E-state index contributed by atoms with van der Waals surface area (Å²) in [5.74, 6) is 1.10. The number of ether oxygens (including phenoxy) is 2. The third-order valence-corrected chi connectivity index (χ3v) is 5.34. The number of amides is 2. The van der Waals surface area contributed by atoms with E-state index in [2.05, 4.69) is 10.6 Å². The lowest BCUT2D eigenvalue weighted by Crippen LogP contribution is -2.56. The largest absolute Gasteiger partial charge is 0.497 e. The molecule has 1 aromatic carbocycles. The molecule has 1 saturated heterocycles. The van der Waals surface area contributed by atoms with Crippen LogP contribution in [0.5, 0.6) is 17.2 Å². The van der Waals surface area contributed by atoms with Crippen molar-refractivity contribution >= 4 is 17.3 Å². The number of carbonyl (C=O) groups is 2. The number of rotatable bonds is 6. The van der Waals surface area contributed by atoms with Crippen LogP contribution in [0.25, 0.3) is 5.52 Å². The Morgan fingerprint density at radius 1 is 1.20 bits per heavy atom. The Balaban J connectivity index is 1.64. The molecule has 2 aromatic heterocycles. The fourth-order valence-electron chi connectivity index (χ4n) is 3.67. The zero-order chi connectivity index (χ0) is 21.3. The van der Waals surface area contributed by atoms with Crippen LogP contribution >= 0.6 is 0 Å². The Kier molecular flexibility index (Phi) is 5.09. The predicted octanol–water partition coefficient (Wildman–Crippen LogP) is 2.03. The highest BCUT2D eigenvalue weighted by atomic mass is 16.5. The normalized spacial score (nSPS) is 18.3. The summed E-state index contributed by atoms with van der Waals surface area (Å²) in [6.45, 7) is 1.78. The molecule has 156 valence electrons. The Bertz CT molecular complexity index is 1110. The fraction of sp³-hybridized carbons (Fsp3) is 0.273. The first-order valence-corrected chi connectivity index (χ1v) is 9.61. The zero-order valence-corrected chi connectivity index (χ0v) is 16.8. The van der Waals surface area contributed by atoms with Crippen molar-refractivity contribution in [1.82, 2.24) is 15.0 Å². The number of carbonyl (C=O) groups excluding carboxylic acids is 2. The quantitative estimate of drug-likeness (QED) is 0.578. The third-order valence-electron chi connectivity index (χ3n) is 5.34. The van der Waals surface area contributed by atoms with Gasteiger partial charge in [-0.3, -0.25) is 9.59 Å². The van der Waals surface area contributed by atoms with Gasteiger partial charge in [0.2, 0.25) is 5.91 Å². The molecule has 1 atom stereocenters. The van der Waals surface area contributed by atoms with E-state index in [1.165, 1.54) is 0 Å². The van der Waals surface area contributed by atoms with E-state index in [0.29, 0.717) is 30.2 Å². The summed E-state index contributed by atoms with van der Waals surface area (Å²) in [5.41, 5.74) is 0.650.